The fraction of sp³-hybridized carbons (Fsp3) is 0.625. The van der Waals surface area contributed by atoms with Gasteiger partial charge in [0.2, 0.25) is 5.91 Å². The van der Waals surface area contributed by atoms with Gasteiger partial charge in [0.25, 0.3) is 0 Å². The molecule has 0 aromatic heterocycles. The third-order valence-corrected chi connectivity index (χ3v) is 7.87. The van der Waals surface area contributed by atoms with Crippen LogP contribution >= 0.6 is 23.4 Å². The van der Waals surface area contributed by atoms with Crippen LogP contribution in [0.2, 0.25) is 5.02 Å². The zero-order valence-electron chi connectivity index (χ0n) is 18.0. The summed E-state index contributed by atoms with van der Waals surface area (Å²) in [5.41, 5.74) is 0.426. The topological polar surface area (TPSA) is 20.3 Å². The summed E-state index contributed by atoms with van der Waals surface area (Å²) in [6.45, 7) is 12.6. The summed E-state index contributed by atoms with van der Waals surface area (Å²) in [4.78, 5) is 15.9. The van der Waals surface area contributed by atoms with Crippen LogP contribution in [-0.2, 0) is 4.79 Å². The fourth-order valence-electron chi connectivity index (χ4n) is 4.35. The highest BCUT2D eigenvalue weighted by Gasteiger charge is 2.49. The van der Waals surface area contributed by atoms with Crippen LogP contribution in [0.15, 0.2) is 30.9 Å². The molecule has 0 radical (unpaired) electrons. The molecular weight excluding hydrogens is 405 g/mol. The molecule has 1 aliphatic heterocycles. The average molecular weight is 438 g/mol. The second-order valence-corrected chi connectivity index (χ2v) is 12.1. The van der Waals surface area contributed by atoms with Crippen LogP contribution in [0.5, 0.6) is 0 Å². The predicted molar refractivity (Wildman–Crippen MR) is 122 cm³/mol. The largest absolute Gasteiger partial charge is 0.331 e. The first-order valence-electron chi connectivity index (χ1n) is 10.6. The maximum Gasteiger partial charge on any atom is 0.229 e. The lowest BCUT2D eigenvalue weighted by Gasteiger charge is -2.48. The third kappa shape index (κ3) is 5.19. The predicted octanol–water partition coefficient (Wildman–Crippen LogP) is 7.04. The van der Waals surface area contributed by atoms with Crippen LogP contribution in [0.4, 0.5) is 4.39 Å². The van der Waals surface area contributed by atoms with Crippen molar-refractivity contribution in [2.75, 3.05) is 5.75 Å². The van der Waals surface area contributed by atoms with Crippen molar-refractivity contribution in [1.82, 2.24) is 4.90 Å². The highest BCUT2D eigenvalue weighted by atomic mass is 35.5. The van der Waals surface area contributed by atoms with E-state index < -0.39 is 11.2 Å². The monoisotopic (exact) mass is 437 g/mol. The number of hydrogen-bond acceptors (Lipinski definition) is 2. The highest BCUT2D eigenvalue weighted by Crippen LogP contribution is 2.49. The molecule has 29 heavy (non-hydrogen) atoms. The van der Waals surface area contributed by atoms with Crippen LogP contribution in [-0.4, -0.2) is 27.3 Å². The Bertz CT molecular complexity index is 773. The molecule has 2 unspecified atom stereocenters. The number of carbonyl (C=O) groups excluding carboxylic acids is 1. The second kappa shape index (κ2) is 8.63. The molecule has 1 aromatic rings. The number of allylic oxidation sites excluding steroid dienone is 1. The van der Waals surface area contributed by atoms with Crippen molar-refractivity contribution in [3.63, 3.8) is 0 Å². The zero-order valence-corrected chi connectivity index (χ0v) is 19.6. The van der Waals surface area contributed by atoms with Crippen LogP contribution in [0.1, 0.15) is 71.4 Å². The number of thioether (sulfide) groups is 1. The first kappa shape index (κ1) is 22.7. The van der Waals surface area contributed by atoms with Gasteiger partial charge in [-0.3, -0.25) is 4.79 Å². The van der Waals surface area contributed by atoms with Crippen LogP contribution in [0, 0.1) is 17.2 Å². The van der Waals surface area contributed by atoms with Crippen molar-refractivity contribution < 1.29 is 9.18 Å². The quantitative estimate of drug-likeness (QED) is 0.426. The zero-order chi connectivity index (χ0) is 21.4. The molecule has 1 aliphatic carbocycles. The molecule has 2 nitrogen and oxygen atoms in total. The number of amides is 1. The number of nitrogens with zero attached hydrogens (tertiary/aromatic N) is 1. The normalized spacial score (nSPS) is 26.5. The standard InChI is InChI=1S/C24H33ClFNOS/c1-6-12-24(5)13-11-20(17-9-10-18(25)19(26)14-17)27(22(24)28)21(16-7-8-16)15-29-23(2,3)4/h6,9-10,14,16,20-21H,1,7-8,11-13,15H2,2-5H3/t20?,21?,24-/m0/s1. The van der Waals surface area contributed by atoms with E-state index in [4.69, 9.17) is 11.6 Å². The van der Waals surface area contributed by atoms with Crippen molar-refractivity contribution in [3.05, 3.63) is 47.3 Å². The first-order valence-corrected chi connectivity index (χ1v) is 11.9. The fourth-order valence-corrected chi connectivity index (χ4v) is 5.57. The van der Waals surface area contributed by atoms with E-state index in [1.807, 2.05) is 23.9 Å². The molecule has 1 aromatic carbocycles. The number of hydrogen-bond donors (Lipinski definition) is 0. The number of rotatable bonds is 7. The molecular formula is C24H33ClFNOS. The van der Waals surface area contributed by atoms with Gasteiger partial charge >= 0.3 is 0 Å². The average Bonchev–Trinajstić information content (AvgIpc) is 3.46. The Morgan fingerprint density at radius 1 is 1.38 bits per heavy atom. The molecule has 3 rings (SSSR count). The first-order chi connectivity index (χ1) is 13.6. The van der Waals surface area contributed by atoms with Gasteiger partial charge in [-0.05, 0) is 55.7 Å². The van der Waals surface area contributed by atoms with Crippen LogP contribution in [0.3, 0.4) is 0 Å². The Morgan fingerprint density at radius 3 is 2.62 bits per heavy atom. The van der Waals surface area contributed by atoms with Gasteiger partial charge in [-0.1, -0.05) is 51.4 Å². The number of benzene rings is 1. The van der Waals surface area contributed by atoms with Gasteiger partial charge in [0.1, 0.15) is 5.82 Å². The van der Waals surface area contributed by atoms with E-state index in [0.29, 0.717) is 12.3 Å². The van der Waals surface area contributed by atoms with Gasteiger partial charge in [0.05, 0.1) is 16.5 Å². The van der Waals surface area contributed by atoms with Crippen molar-refractivity contribution in [1.29, 1.82) is 0 Å². The maximum atomic E-state index is 14.3. The van der Waals surface area contributed by atoms with E-state index in [9.17, 15) is 9.18 Å². The van der Waals surface area contributed by atoms with Crippen molar-refractivity contribution in [3.8, 4) is 0 Å². The van der Waals surface area contributed by atoms with Gasteiger partial charge in [0, 0.05) is 16.5 Å². The van der Waals surface area contributed by atoms with Gasteiger partial charge < -0.3 is 4.90 Å². The summed E-state index contributed by atoms with van der Waals surface area (Å²) in [7, 11) is 0. The lowest BCUT2D eigenvalue weighted by Crippen LogP contribution is -2.54. The minimum atomic E-state index is -0.428. The molecule has 0 N–H and O–H groups in total. The number of likely N-dealkylation sites (tertiary alicyclic amines) is 1. The Balaban J connectivity index is 1.98. The molecule has 5 heteroatoms. The summed E-state index contributed by atoms with van der Waals surface area (Å²) in [6, 6.07) is 5.10. The lowest BCUT2D eigenvalue weighted by molar-refractivity contribution is -0.152. The van der Waals surface area contributed by atoms with Gasteiger partial charge in [0.15, 0.2) is 0 Å². The third-order valence-electron chi connectivity index (χ3n) is 6.19. The Morgan fingerprint density at radius 2 is 2.07 bits per heavy atom. The smallest absolute Gasteiger partial charge is 0.229 e. The van der Waals surface area contributed by atoms with Crippen molar-refractivity contribution in [2.24, 2.45) is 11.3 Å². The van der Waals surface area contributed by atoms with E-state index in [-0.39, 0.29) is 27.8 Å². The summed E-state index contributed by atoms with van der Waals surface area (Å²) in [5.74, 6) is 1.23. The van der Waals surface area contributed by atoms with E-state index in [0.717, 1.165) is 24.2 Å². The van der Waals surface area contributed by atoms with Crippen molar-refractivity contribution >= 4 is 29.3 Å². The SMILES string of the molecule is C=CC[C@@]1(C)CCC(c2ccc(Cl)c(F)c2)N(C(CSC(C)(C)C)C2CC2)C1=O. The van der Waals surface area contributed by atoms with Crippen LogP contribution in [0.25, 0.3) is 0 Å². The molecule has 0 spiro atoms. The summed E-state index contributed by atoms with van der Waals surface area (Å²) < 4.78 is 14.4. The summed E-state index contributed by atoms with van der Waals surface area (Å²) in [6.07, 6.45) is 6.48. The summed E-state index contributed by atoms with van der Waals surface area (Å²) >= 11 is 7.84. The molecule has 0 bridgehead atoms. The van der Waals surface area contributed by atoms with E-state index in [1.165, 1.54) is 18.9 Å². The van der Waals surface area contributed by atoms with Crippen molar-refractivity contribution in [2.45, 2.75) is 76.6 Å². The summed E-state index contributed by atoms with van der Waals surface area (Å²) in [5, 5.41) is 0.126. The lowest BCUT2D eigenvalue weighted by atomic mass is 9.74. The Labute approximate surface area is 184 Å². The molecule has 2 aliphatic rings. The van der Waals surface area contributed by atoms with E-state index >= 15 is 0 Å². The number of piperidine rings is 1. The van der Waals surface area contributed by atoms with Gasteiger partial charge in [-0.2, -0.15) is 11.8 Å². The molecule has 1 saturated heterocycles. The Hall–Kier alpha value is -1.00. The minimum absolute atomic E-state index is 0.0988. The number of halogens is 2. The molecule has 160 valence electrons. The van der Waals surface area contributed by atoms with Crippen LogP contribution < -0.4 is 0 Å². The molecule has 1 heterocycles. The highest BCUT2D eigenvalue weighted by molar-refractivity contribution is 8.00. The van der Waals surface area contributed by atoms with Gasteiger partial charge in [-0.15, -0.1) is 6.58 Å². The second-order valence-electron chi connectivity index (χ2n) is 9.82. The molecule has 2 fully saturated rings. The molecule has 1 amide bonds. The maximum absolute atomic E-state index is 14.3. The minimum Gasteiger partial charge on any atom is -0.331 e. The number of carbonyl (C=O) groups is 1. The van der Waals surface area contributed by atoms with E-state index in [1.54, 1.807) is 6.07 Å². The van der Waals surface area contributed by atoms with Gasteiger partial charge in [-0.25, -0.2) is 4.39 Å². The Kier molecular flexibility index (Phi) is 6.75. The van der Waals surface area contributed by atoms with E-state index in [2.05, 4.69) is 39.2 Å². The molecule has 3 atom stereocenters. The molecule has 1 saturated carbocycles.